The maximum atomic E-state index is 6.31. The van der Waals surface area contributed by atoms with Crippen LogP contribution < -0.4 is 4.90 Å². The SMILES string of the molecule is c1cc(-c2cccc3c2ccc2ccccc23)cc(N(c2ccc(-c3ccc4c(c3)oc3ccccc34)cc2)c2ccccc2-c2cccc3cccc(C4CCCCC4)c23)c1. The molecule has 0 atom stereocenters. The van der Waals surface area contributed by atoms with Crippen molar-refractivity contribution in [3.8, 4) is 33.4 Å². The summed E-state index contributed by atoms with van der Waals surface area (Å²) in [7, 11) is 0. The number of furan rings is 1. The molecule has 0 saturated heterocycles. The minimum Gasteiger partial charge on any atom is -0.456 e. The molecule has 296 valence electrons. The third-order valence-corrected chi connectivity index (χ3v) is 13.5. The third-order valence-electron chi connectivity index (χ3n) is 13.5. The van der Waals surface area contributed by atoms with E-state index in [4.69, 9.17) is 4.42 Å². The molecule has 0 unspecified atom stereocenters. The predicted molar refractivity (Wildman–Crippen MR) is 263 cm³/mol. The molecule has 11 aromatic rings. The average molecular weight is 796 g/mol. The van der Waals surface area contributed by atoms with Crippen LogP contribution in [0.15, 0.2) is 211 Å². The molecule has 0 amide bonds. The molecule has 1 aliphatic carbocycles. The van der Waals surface area contributed by atoms with Gasteiger partial charge in [0.15, 0.2) is 0 Å². The Morgan fingerprint density at radius 1 is 0.371 bits per heavy atom. The van der Waals surface area contributed by atoms with Crippen LogP contribution in [0.25, 0.3) is 87.6 Å². The first-order valence-corrected chi connectivity index (χ1v) is 22.2. The number of fused-ring (bicyclic) bond motifs is 7. The van der Waals surface area contributed by atoms with Crippen LogP contribution in [0.1, 0.15) is 43.6 Å². The van der Waals surface area contributed by atoms with Gasteiger partial charge in [0.05, 0.1) is 5.69 Å². The minimum absolute atomic E-state index is 0.581. The third kappa shape index (κ3) is 6.25. The Labute approximate surface area is 362 Å². The number of hydrogen-bond acceptors (Lipinski definition) is 2. The van der Waals surface area contributed by atoms with Gasteiger partial charge >= 0.3 is 0 Å². The van der Waals surface area contributed by atoms with Gasteiger partial charge in [0.1, 0.15) is 11.2 Å². The van der Waals surface area contributed by atoms with Crippen LogP contribution in [0.3, 0.4) is 0 Å². The van der Waals surface area contributed by atoms with Gasteiger partial charge in [-0.2, -0.15) is 0 Å². The molecule has 0 aliphatic heterocycles. The Balaban J connectivity index is 1.03. The molecule has 0 bridgehead atoms. The topological polar surface area (TPSA) is 16.4 Å². The van der Waals surface area contributed by atoms with Crippen LogP contribution in [-0.2, 0) is 0 Å². The fourth-order valence-corrected chi connectivity index (χ4v) is 10.5. The molecule has 1 heterocycles. The largest absolute Gasteiger partial charge is 0.456 e. The van der Waals surface area contributed by atoms with Crippen molar-refractivity contribution in [3.63, 3.8) is 0 Å². The van der Waals surface area contributed by atoms with E-state index in [1.807, 2.05) is 12.1 Å². The van der Waals surface area contributed by atoms with E-state index in [2.05, 4.69) is 199 Å². The highest BCUT2D eigenvalue weighted by atomic mass is 16.3. The number of para-hydroxylation sites is 2. The van der Waals surface area contributed by atoms with Crippen LogP contribution in [0, 0.1) is 0 Å². The number of hydrogen-bond donors (Lipinski definition) is 0. The first-order valence-electron chi connectivity index (χ1n) is 22.2. The van der Waals surface area contributed by atoms with E-state index >= 15 is 0 Å². The van der Waals surface area contributed by atoms with Gasteiger partial charge in [-0.05, 0) is 133 Å². The van der Waals surface area contributed by atoms with Crippen molar-refractivity contribution in [1.29, 1.82) is 0 Å². The zero-order chi connectivity index (χ0) is 41.0. The summed E-state index contributed by atoms with van der Waals surface area (Å²) in [6, 6.07) is 75.9. The normalized spacial score (nSPS) is 13.4. The van der Waals surface area contributed by atoms with Crippen molar-refractivity contribution >= 4 is 71.3 Å². The summed E-state index contributed by atoms with van der Waals surface area (Å²) in [5.41, 5.74) is 13.9. The van der Waals surface area contributed by atoms with E-state index < -0.39 is 0 Å². The number of rotatable bonds is 7. The van der Waals surface area contributed by atoms with Crippen LogP contribution in [0.2, 0.25) is 0 Å². The van der Waals surface area contributed by atoms with Crippen molar-refractivity contribution in [2.45, 2.75) is 38.0 Å². The van der Waals surface area contributed by atoms with Crippen molar-refractivity contribution in [3.05, 3.63) is 212 Å². The maximum Gasteiger partial charge on any atom is 0.136 e. The van der Waals surface area contributed by atoms with Gasteiger partial charge in [0, 0.05) is 27.7 Å². The fourth-order valence-electron chi connectivity index (χ4n) is 10.5. The van der Waals surface area contributed by atoms with Crippen molar-refractivity contribution in [1.82, 2.24) is 0 Å². The first-order chi connectivity index (χ1) is 30.7. The molecule has 62 heavy (non-hydrogen) atoms. The second-order valence-electron chi connectivity index (χ2n) is 17.0. The molecule has 1 aliphatic rings. The van der Waals surface area contributed by atoms with E-state index in [1.165, 1.54) is 92.2 Å². The molecule has 1 aromatic heterocycles. The first kappa shape index (κ1) is 36.4. The smallest absolute Gasteiger partial charge is 0.136 e. The van der Waals surface area contributed by atoms with Gasteiger partial charge in [-0.3, -0.25) is 0 Å². The summed E-state index contributed by atoms with van der Waals surface area (Å²) < 4.78 is 6.31. The van der Waals surface area contributed by atoms with Gasteiger partial charge in [0.2, 0.25) is 0 Å². The number of nitrogens with zero attached hydrogens (tertiary/aromatic N) is 1. The lowest BCUT2D eigenvalue weighted by molar-refractivity contribution is 0.445. The Kier molecular flexibility index (Phi) is 8.96. The van der Waals surface area contributed by atoms with Crippen LogP contribution in [-0.4, -0.2) is 0 Å². The molecule has 12 rings (SSSR count). The zero-order valence-electron chi connectivity index (χ0n) is 34.6. The number of benzene rings is 10. The highest BCUT2D eigenvalue weighted by Crippen LogP contribution is 2.47. The second-order valence-corrected chi connectivity index (χ2v) is 17.0. The summed E-state index contributed by atoms with van der Waals surface area (Å²) in [4.78, 5) is 2.47. The number of anilines is 3. The molecule has 1 fully saturated rings. The van der Waals surface area contributed by atoms with E-state index in [-0.39, 0.29) is 0 Å². The molecular formula is C60H45NO. The lowest BCUT2D eigenvalue weighted by Crippen LogP contribution is -2.11. The van der Waals surface area contributed by atoms with E-state index in [0.29, 0.717) is 5.92 Å². The average Bonchev–Trinajstić information content (AvgIpc) is 3.72. The van der Waals surface area contributed by atoms with Crippen molar-refractivity contribution in [2.75, 3.05) is 4.90 Å². The molecule has 0 radical (unpaired) electrons. The molecule has 10 aromatic carbocycles. The van der Waals surface area contributed by atoms with Crippen LogP contribution in [0.4, 0.5) is 17.1 Å². The lowest BCUT2D eigenvalue weighted by atomic mass is 9.80. The standard InChI is InChI=1S/C60H45NO/c1-2-14-41(15-3-1)50-25-11-17-43-18-12-27-56(60(43)50)53-22-6-8-28-57(53)61(46-34-30-40(31-35-46)44-33-37-55-54-23-7-9-29-58(54)62-59(55)39-44)47-20-10-19-45(38-47)49-24-13-26-51-48-21-5-4-16-42(48)32-36-52(49)51/h4-13,16-39,41H,1-3,14-15H2. The van der Waals surface area contributed by atoms with E-state index in [9.17, 15) is 0 Å². The van der Waals surface area contributed by atoms with Gasteiger partial charge in [-0.25, -0.2) is 0 Å². The summed E-state index contributed by atoms with van der Waals surface area (Å²) >= 11 is 0. The van der Waals surface area contributed by atoms with Crippen molar-refractivity contribution in [2.24, 2.45) is 0 Å². The molecule has 0 N–H and O–H groups in total. The molecule has 1 saturated carbocycles. The van der Waals surface area contributed by atoms with E-state index in [0.717, 1.165) is 50.1 Å². The van der Waals surface area contributed by atoms with Gasteiger partial charge < -0.3 is 9.32 Å². The van der Waals surface area contributed by atoms with Crippen LogP contribution in [0.5, 0.6) is 0 Å². The quantitative estimate of drug-likeness (QED) is 0.149. The molecule has 0 spiro atoms. The van der Waals surface area contributed by atoms with Gasteiger partial charge in [-0.1, -0.05) is 177 Å². The fraction of sp³-hybridized carbons (Fsp3) is 0.100. The highest BCUT2D eigenvalue weighted by Gasteiger charge is 2.23. The lowest BCUT2D eigenvalue weighted by Gasteiger charge is -2.29. The summed E-state index contributed by atoms with van der Waals surface area (Å²) in [5.74, 6) is 0.581. The van der Waals surface area contributed by atoms with Crippen LogP contribution >= 0.6 is 0 Å². The molecule has 2 nitrogen and oxygen atoms in total. The zero-order valence-corrected chi connectivity index (χ0v) is 34.6. The Hall–Kier alpha value is -7.42. The van der Waals surface area contributed by atoms with Crippen molar-refractivity contribution < 1.29 is 4.42 Å². The van der Waals surface area contributed by atoms with Gasteiger partial charge in [-0.15, -0.1) is 0 Å². The minimum atomic E-state index is 0.581. The Morgan fingerprint density at radius 3 is 1.94 bits per heavy atom. The highest BCUT2D eigenvalue weighted by molar-refractivity contribution is 6.12. The second kappa shape index (κ2) is 15.2. The maximum absolute atomic E-state index is 6.31. The Bertz CT molecular complexity index is 3450. The summed E-state index contributed by atoms with van der Waals surface area (Å²) in [6.45, 7) is 0. The monoisotopic (exact) mass is 795 g/mol. The van der Waals surface area contributed by atoms with E-state index in [1.54, 1.807) is 0 Å². The summed E-state index contributed by atoms with van der Waals surface area (Å²) in [5, 5.41) is 10.1. The molecular weight excluding hydrogens is 751 g/mol. The summed E-state index contributed by atoms with van der Waals surface area (Å²) in [6.07, 6.45) is 6.47. The van der Waals surface area contributed by atoms with Gasteiger partial charge in [0.25, 0.3) is 0 Å². The Morgan fingerprint density at radius 2 is 1.03 bits per heavy atom. The predicted octanol–water partition coefficient (Wildman–Crippen LogP) is 17.6. The molecule has 2 heteroatoms.